The Kier molecular flexibility index (Phi) is 6.03. The van der Waals surface area contributed by atoms with Crippen LogP contribution in [0.4, 0.5) is 0 Å². The summed E-state index contributed by atoms with van der Waals surface area (Å²) in [5.74, 6) is 0.832. The van der Waals surface area contributed by atoms with Crippen LogP contribution in [0.3, 0.4) is 0 Å². The van der Waals surface area contributed by atoms with E-state index < -0.39 is 10.0 Å². The molecule has 1 fully saturated rings. The fraction of sp³-hybridized carbons (Fsp3) is 0.179. The van der Waals surface area contributed by atoms with Gasteiger partial charge in [-0.1, -0.05) is 35.9 Å². The summed E-state index contributed by atoms with van der Waals surface area (Å²) < 4.78 is 27.6. The summed E-state index contributed by atoms with van der Waals surface area (Å²) in [7, 11) is -3.52. The average molecular weight is 547 g/mol. The number of sulfonamides is 1. The first kappa shape index (κ1) is 24.7. The summed E-state index contributed by atoms with van der Waals surface area (Å²) in [6.45, 7) is 1.40. The normalized spacial score (nSPS) is 21.2. The van der Waals surface area contributed by atoms with E-state index in [0.717, 1.165) is 18.5 Å². The zero-order valence-corrected chi connectivity index (χ0v) is 22.2. The van der Waals surface area contributed by atoms with E-state index in [1.165, 1.54) is 17.0 Å². The molecule has 0 amide bonds. The van der Waals surface area contributed by atoms with Crippen molar-refractivity contribution in [2.45, 2.75) is 12.5 Å². The van der Waals surface area contributed by atoms with E-state index in [1.54, 1.807) is 36.5 Å². The monoisotopic (exact) mass is 546 g/mol. The highest BCUT2D eigenvalue weighted by Gasteiger charge is 2.51. The number of hydrogen-bond donors (Lipinski definition) is 1. The molecule has 2 unspecified atom stereocenters. The van der Waals surface area contributed by atoms with Crippen molar-refractivity contribution in [2.24, 2.45) is 0 Å². The Morgan fingerprint density at radius 2 is 1.82 bits per heavy atom. The molecule has 0 radical (unpaired) electrons. The van der Waals surface area contributed by atoms with Gasteiger partial charge in [-0.2, -0.15) is 12.3 Å². The summed E-state index contributed by atoms with van der Waals surface area (Å²) in [5.41, 5.74) is 2.52. The molecule has 0 saturated carbocycles. The molecule has 2 aliphatic heterocycles. The number of quaternary nitrogens is 1. The van der Waals surface area contributed by atoms with E-state index in [0.29, 0.717) is 45.4 Å². The largest absolute Gasteiger partial charge is 0.311 e. The standard InChI is InChI=1S/C28H25ClN5O3S/c1-38(36,37)34(22-14-15-30-18-22)16-4-7-25(34)19-8-10-20(11-9-19)27-32-24-6-3-2-5-23(24)28(35)33(27)26-13-12-21(29)17-31-26/h2-13,16-17,22,30H,14-15,18H2,1H3/q+1. The number of para-hydroxylation sites is 1. The first-order valence-electron chi connectivity index (χ1n) is 12.2. The van der Waals surface area contributed by atoms with E-state index in [1.807, 2.05) is 42.5 Å². The molecular formula is C28H25ClN5O3S+. The Bertz CT molecular complexity index is 1770. The van der Waals surface area contributed by atoms with E-state index in [-0.39, 0.29) is 15.5 Å². The number of nitrogens with one attached hydrogen (secondary N) is 1. The van der Waals surface area contributed by atoms with Gasteiger partial charge in [0.1, 0.15) is 23.9 Å². The van der Waals surface area contributed by atoms with Gasteiger partial charge in [-0.25, -0.2) is 14.5 Å². The Morgan fingerprint density at radius 3 is 2.50 bits per heavy atom. The number of rotatable bonds is 5. The predicted octanol–water partition coefficient (Wildman–Crippen LogP) is 4.11. The fourth-order valence-corrected chi connectivity index (χ4v) is 7.08. The minimum absolute atomic E-state index is 0.113. The summed E-state index contributed by atoms with van der Waals surface area (Å²) in [4.78, 5) is 22.8. The van der Waals surface area contributed by atoms with Crippen molar-refractivity contribution in [3.05, 3.63) is 106 Å². The first-order chi connectivity index (χ1) is 18.3. The van der Waals surface area contributed by atoms with Gasteiger partial charge in [-0.3, -0.25) is 4.79 Å². The number of halogens is 1. The van der Waals surface area contributed by atoms with Gasteiger partial charge in [0.25, 0.3) is 5.56 Å². The van der Waals surface area contributed by atoms with E-state index >= 15 is 0 Å². The minimum Gasteiger partial charge on any atom is -0.311 e. The lowest BCUT2D eigenvalue weighted by molar-refractivity contribution is -0.697. The maximum absolute atomic E-state index is 13.6. The third-order valence-electron chi connectivity index (χ3n) is 7.22. The van der Waals surface area contributed by atoms with Crippen LogP contribution in [-0.2, 0) is 10.0 Å². The van der Waals surface area contributed by atoms with Crippen LogP contribution >= 0.6 is 11.6 Å². The highest BCUT2D eigenvalue weighted by Crippen LogP contribution is 2.41. The van der Waals surface area contributed by atoms with Crippen molar-refractivity contribution < 1.29 is 12.3 Å². The molecule has 10 heteroatoms. The second-order valence-corrected chi connectivity index (χ2v) is 12.0. The van der Waals surface area contributed by atoms with Gasteiger partial charge < -0.3 is 5.32 Å². The smallest absolute Gasteiger partial charge is 0.303 e. The fourth-order valence-electron chi connectivity index (χ4n) is 5.43. The molecule has 2 aromatic carbocycles. The quantitative estimate of drug-likeness (QED) is 0.379. The van der Waals surface area contributed by atoms with Gasteiger partial charge in [-0.15, -0.1) is 0 Å². The van der Waals surface area contributed by atoms with E-state index in [2.05, 4.69) is 10.3 Å². The molecule has 2 aromatic heterocycles. The zero-order chi connectivity index (χ0) is 26.5. The summed E-state index contributed by atoms with van der Waals surface area (Å²) >= 11 is 6.05. The topological polar surface area (TPSA) is 94.0 Å². The minimum atomic E-state index is -3.52. The second kappa shape index (κ2) is 9.28. The summed E-state index contributed by atoms with van der Waals surface area (Å²) in [5, 5.41) is 4.24. The van der Waals surface area contributed by atoms with Crippen LogP contribution in [-0.4, -0.2) is 52.2 Å². The summed E-state index contributed by atoms with van der Waals surface area (Å²) in [6, 6.07) is 17.9. The van der Waals surface area contributed by atoms with Crippen molar-refractivity contribution >= 4 is 38.2 Å². The highest BCUT2D eigenvalue weighted by molar-refractivity contribution is 7.85. The predicted molar refractivity (Wildman–Crippen MR) is 149 cm³/mol. The molecule has 8 nitrogen and oxygen atoms in total. The van der Waals surface area contributed by atoms with Crippen molar-refractivity contribution in [3.63, 3.8) is 0 Å². The Labute approximate surface area is 225 Å². The Hall–Kier alpha value is -3.63. The molecule has 38 heavy (non-hydrogen) atoms. The van der Waals surface area contributed by atoms with Gasteiger partial charge >= 0.3 is 10.0 Å². The molecule has 0 bridgehead atoms. The van der Waals surface area contributed by atoms with Gasteiger partial charge in [0, 0.05) is 42.9 Å². The van der Waals surface area contributed by atoms with Gasteiger partial charge in [0.15, 0.2) is 5.70 Å². The third kappa shape index (κ3) is 3.90. The zero-order valence-electron chi connectivity index (χ0n) is 20.6. The van der Waals surface area contributed by atoms with Crippen LogP contribution in [0.2, 0.25) is 5.02 Å². The molecule has 2 atom stereocenters. The van der Waals surface area contributed by atoms with Crippen molar-refractivity contribution in [1.29, 1.82) is 0 Å². The van der Waals surface area contributed by atoms with Gasteiger partial charge in [0.05, 0.1) is 22.2 Å². The molecule has 2 aliphatic rings. The molecule has 0 aliphatic carbocycles. The van der Waals surface area contributed by atoms with Crippen LogP contribution in [0, 0.1) is 0 Å². The van der Waals surface area contributed by atoms with Crippen LogP contribution in [0.1, 0.15) is 12.0 Å². The molecule has 0 spiro atoms. The highest BCUT2D eigenvalue weighted by atomic mass is 35.5. The van der Waals surface area contributed by atoms with Crippen LogP contribution in [0.5, 0.6) is 0 Å². The maximum atomic E-state index is 13.6. The lowest BCUT2D eigenvalue weighted by Gasteiger charge is -2.36. The van der Waals surface area contributed by atoms with Crippen LogP contribution in [0.25, 0.3) is 33.8 Å². The number of allylic oxidation sites excluding steroid dienone is 2. The molecule has 6 rings (SSSR count). The third-order valence-corrected chi connectivity index (χ3v) is 9.16. The van der Waals surface area contributed by atoms with Crippen LogP contribution in [0.15, 0.2) is 90.0 Å². The number of fused-ring (bicyclic) bond motifs is 1. The SMILES string of the molecule is CS(=O)(=O)[N+]1(C2CCNC2)C=CC=C1c1ccc(-c2nc3ccccc3c(=O)n2-c2ccc(Cl)cn2)cc1. The number of benzene rings is 2. The van der Waals surface area contributed by atoms with Crippen molar-refractivity contribution in [1.82, 2.24) is 19.9 Å². The average Bonchev–Trinajstić information content (AvgIpc) is 3.60. The van der Waals surface area contributed by atoms with Gasteiger partial charge in [0.2, 0.25) is 0 Å². The van der Waals surface area contributed by atoms with E-state index in [9.17, 15) is 13.2 Å². The molecule has 1 saturated heterocycles. The molecular weight excluding hydrogens is 522 g/mol. The first-order valence-corrected chi connectivity index (χ1v) is 14.5. The van der Waals surface area contributed by atoms with E-state index in [4.69, 9.17) is 16.6 Å². The Morgan fingerprint density at radius 1 is 1.05 bits per heavy atom. The number of pyridine rings is 1. The lowest BCUT2D eigenvalue weighted by Crippen LogP contribution is -2.53. The summed E-state index contributed by atoms with van der Waals surface area (Å²) in [6.07, 6.45) is 9.00. The molecule has 1 N–H and O–H groups in total. The van der Waals surface area contributed by atoms with Gasteiger partial charge in [-0.05, 0) is 42.5 Å². The number of hydrogen-bond acceptors (Lipinski definition) is 6. The second-order valence-electron chi connectivity index (χ2n) is 9.49. The molecule has 192 valence electrons. The molecule has 4 aromatic rings. The number of nitrogens with zero attached hydrogens (tertiary/aromatic N) is 4. The van der Waals surface area contributed by atoms with Crippen LogP contribution < -0.4 is 10.9 Å². The number of aromatic nitrogens is 3. The maximum Gasteiger partial charge on any atom is 0.303 e. The van der Waals surface area contributed by atoms with Crippen molar-refractivity contribution in [3.8, 4) is 17.2 Å². The Balaban J connectivity index is 1.49. The molecule has 4 heterocycles. The van der Waals surface area contributed by atoms with Crippen molar-refractivity contribution in [2.75, 3.05) is 19.3 Å². The lowest BCUT2D eigenvalue weighted by atomic mass is 10.1.